The fourth-order valence-corrected chi connectivity index (χ4v) is 3.96. The molecule has 5 nitrogen and oxygen atoms in total. The number of aromatic nitrogens is 2. The van der Waals surface area contributed by atoms with Crippen molar-refractivity contribution in [2.45, 2.75) is 12.3 Å². The summed E-state index contributed by atoms with van der Waals surface area (Å²) in [5.74, 6) is -2.53. The Hall–Kier alpha value is -3.06. The van der Waals surface area contributed by atoms with Crippen molar-refractivity contribution in [3.63, 3.8) is 0 Å². The third-order valence-electron chi connectivity index (χ3n) is 4.23. The average molecular weight is 368 g/mol. The minimum Gasteiger partial charge on any atom is -0.481 e. The lowest BCUT2D eigenvalue weighted by molar-refractivity contribution is -0.138. The summed E-state index contributed by atoms with van der Waals surface area (Å²) in [5, 5.41) is 11.0. The number of carboxylic acids is 1. The Morgan fingerprint density at radius 1 is 1.23 bits per heavy atom. The van der Waals surface area contributed by atoms with Gasteiger partial charge in [0.15, 0.2) is 0 Å². The van der Waals surface area contributed by atoms with Crippen molar-refractivity contribution < 1.29 is 14.3 Å². The summed E-state index contributed by atoms with van der Waals surface area (Å²) in [6, 6.07) is 13.1. The minimum atomic E-state index is -1.10. The summed E-state index contributed by atoms with van der Waals surface area (Å²) >= 11 is 1.30. The van der Waals surface area contributed by atoms with Crippen molar-refractivity contribution in [1.29, 1.82) is 0 Å². The Morgan fingerprint density at radius 2 is 2.04 bits per heavy atom. The zero-order chi connectivity index (χ0) is 18.3. The maximum absolute atomic E-state index is 13.3. The molecule has 4 rings (SSSR count). The second-order valence-electron chi connectivity index (χ2n) is 5.96. The van der Waals surface area contributed by atoms with Crippen LogP contribution in [0.5, 0.6) is 0 Å². The lowest BCUT2D eigenvalue weighted by Crippen LogP contribution is -2.23. The first-order valence-electron chi connectivity index (χ1n) is 7.91. The molecule has 130 valence electrons. The van der Waals surface area contributed by atoms with Gasteiger partial charge in [-0.25, -0.2) is 9.37 Å². The molecule has 4 aromatic rings. The number of hydrogen-bond acceptors (Lipinski definition) is 4. The van der Waals surface area contributed by atoms with Gasteiger partial charge in [0.05, 0.1) is 21.1 Å². The molecular weight excluding hydrogens is 355 g/mol. The normalized spacial score (nSPS) is 12.5. The number of pyridine rings is 1. The molecule has 0 amide bonds. The summed E-state index contributed by atoms with van der Waals surface area (Å²) < 4.78 is 14.1. The number of nitrogens with zero attached hydrogens (tertiary/aromatic N) is 1. The van der Waals surface area contributed by atoms with E-state index in [1.165, 1.54) is 23.5 Å². The number of carbonyl (C=O) groups is 1. The summed E-state index contributed by atoms with van der Waals surface area (Å²) in [6.07, 6.45) is 0.0672. The lowest BCUT2D eigenvalue weighted by atomic mass is 9.96. The van der Waals surface area contributed by atoms with Gasteiger partial charge in [-0.3, -0.25) is 9.59 Å². The van der Waals surface area contributed by atoms with Crippen molar-refractivity contribution >= 4 is 38.4 Å². The van der Waals surface area contributed by atoms with Crippen LogP contribution in [0.25, 0.3) is 21.1 Å². The monoisotopic (exact) mass is 368 g/mol. The first-order valence-corrected chi connectivity index (χ1v) is 8.72. The molecule has 0 radical (unpaired) electrons. The fraction of sp³-hybridized carbons (Fsp3) is 0.105. The molecule has 26 heavy (non-hydrogen) atoms. The predicted molar refractivity (Wildman–Crippen MR) is 98.2 cm³/mol. The van der Waals surface area contributed by atoms with Crippen molar-refractivity contribution in [3.8, 4) is 0 Å². The molecule has 0 aliphatic carbocycles. The largest absolute Gasteiger partial charge is 0.481 e. The number of carboxylic acid groups (broad SMARTS) is 1. The van der Waals surface area contributed by atoms with E-state index in [0.717, 1.165) is 10.1 Å². The number of benzene rings is 2. The number of nitrogens with one attached hydrogen (secondary N) is 1. The van der Waals surface area contributed by atoms with Crippen LogP contribution in [0, 0.1) is 5.82 Å². The molecule has 0 aliphatic heterocycles. The third kappa shape index (κ3) is 2.97. The molecule has 2 aromatic heterocycles. The van der Waals surface area contributed by atoms with Crippen LogP contribution in [0.15, 0.2) is 53.3 Å². The molecule has 1 unspecified atom stereocenters. The molecule has 0 saturated heterocycles. The topological polar surface area (TPSA) is 83.0 Å². The zero-order valence-electron chi connectivity index (χ0n) is 13.4. The summed E-state index contributed by atoms with van der Waals surface area (Å²) in [6.45, 7) is 0. The average Bonchev–Trinajstić information content (AvgIpc) is 3.00. The van der Waals surface area contributed by atoms with Gasteiger partial charge in [-0.1, -0.05) is 18.2 Å². The second-order valence-corrected chi connectivity index (χ2v) is 7.07. The summed E-state index contributed by atoms with van der Waals surface area (Å²) in [4.78, 5) is 31.3. The number of thiazole rings is 1. The van der Waals surface area contributed by atoms with Gasteiger partial charge in [-0.2, -0.15) is 0 Å². The van der Waals surface area contributed by atoms with Crippen molar-refractivity contribution in [2.75, 3.05) is 0 Å². The summed E-state index contributed by atoms with van der Waals surface area (Å²) in [7, 11) is 0. The highest BCUT2D eigenvalue weighted by molar-refractivity contribution is 7.18. The van der Waals surface area contributed by atoms with Crippen LogP contribution in [-0.4, -0.2) is 21.0 Å². The van der Waals surface area contributed by atoms with E-state index in [1.54, 1.807) is 24.3 Å². The van der Waals surface area contributed by atoms with E-state index >= 15 is 0 Å². The molecule has 7 heteroatoms. The predicted octanol–water partition coefficient (Wildman–Crippen LogP) is 3.69. The van der Waals surface area contributed by atoms with E-state index in [1.807, 2.05) is 12.1 Å². The van der Waals surface area contributed by atoms with Crippen LogP contribution in [0.2, 0.25) is 0 Å². The van der Waals surface area contributed by atoms with Gasteiger partial charge < -0.3 is 10.1 Å². The number of halogens is 1. The zero-order valence-corrected chi connectivity index (χ0v) is 14.2. The van der Waals surface area contributed by atoms with Gasteiger partial charge >= 0.3 is 5.97 Å². The number of fused-ring (bicyclic) bond motifs is 2. The van der Waals surface area contributed by atoms with E-state index in [-0.39, 0.29) is 12.0 Å². The molecule has 0 aliphatic rings. The molecule has 0 bridgehead atoms. The number of hydrogen-bond donors (Lipinski definition) is 2. The van der Waals surface area contributed by atoms with Crippen LogP contribution >= 0.6 is 11.3 Å². The molecule has 0 saturated carbocycles. The Balaban J connectivity index is 1.77. The molecule has 1 atom stereocenters. The van der Waals surface area contributed by atoms with Crippen LogP contribution in [0.3, 0.4) is 0 Å². The molecule has 0 fully saturated rings. The van der Waals surface area contributed by atoms with E-state index in [9.17, 15) is 19.1 Å². The fourth-order valence-electron chi connectivity index (χ4n) is 2.96. The first-order chi connectivity index (χ1) is 12.5. The molecule has 0 spiro atoms. The van der Waals surface area contributed by atoms with Crippen LogP contribution < -0.4 is 5.56 Å². The van der Waals surface area contributed by atoms with E-state index < -0.39 is 23.3 Å². The Bertz CT molecular complexity index is 1200. The van der Waals surface area contributed by atoms with Crippen LogP contribution in [0.4, 0.5) is 4.39 Å². The quantitative estimate of drug-likeness (QED) is 0.575. The minimum absolute atomic E-state index is 0.0672. The lowest BCUT2D eigenvalue weighted by Gasteiger charge is -2.11. The molecule has 2 aromatic carbocycles. The number of H-pyrrole nitrogens is 1. The molecular formula is C19H13FN2O3S. The molecule has 2 heterocycles. The van der Waals surface area contributed by atoms with E-state index in [4.69, 9.17) is 0 Å². The highest BCUT2D eigenvalue weighted by atomic mass is 32.1. The van der Waals surface area contributed by atoms with E-state index in [0.29, 0.717) is 16.0 Å². The second kappa shape index (κ2) is 6.34. The maximum atomic E-state index is 13.3. The Labute approximate surface area is 150 Å². The van der Waals surface area contributed by atoms with Crippen LogP contribution in [-0.2, 0) is 11.2 Å². The standard InChI is InChI=1S/C19H13FN2O3S/c20-11-5-6-16-15(8-11)21-17(26-16)9-13(19(24)25)12-7-10-3-1-2-4-14(10)22-18(12)23/h1-8,13H,9H2,(H,22,23)(H,24,25). The van der Waals surface area contributed by atoms with E-state index in [2.05, 4.69) is 9.97 Å². The number of para-hydroxylation sites is 1. The highest BCUT2D eigenvalue weighted by Crippen LogP contribution is 2.28. The maximum Gasteiger partial charge on any atom is 0.311 e. The van der Waals surface area contributed by atoms with Crippen molar-refractivity contribution in [3.05, 3.63) is 75.3 Å². The van der Waals surface area contributed by atoms with Gasteiger partial charge in [0.1, 0.15) is 5.82 Å². The third-order valence-corrected chi connectivity index (χ3v) is 5.29. The van der Waals surface area contributed by atoms with Gasteiger partial charge in [-0.05, 0) is 29.7 Å². The summed E-state index contributed by atoms with van der Waals surface area (Å²) in [5.41, 5.74) is 0.896. The Morgan fingerprint density at radius 3 is 2.85 bits per heavy atom. The van der Waals surface area contributed by atoms with Gasteiger partial charge in [0, 0.05) is 23.6 Å². The Kier molecular flexibility index (Phi) is 4.00. The highest BCUT2D eigenvalue weighted by Gasteiger charge is 2.25. The van der Waals surface area contributed by atoms with Gasteiger partial charge in [0.2, 0.25) is 0 Å². The van der Waals surface area contributed by atoms with Gasteiger partial charge in [-0.15, -0.1) is 11.3 Å². The number of aliphatic carboxylic acids is 1. The first kappa shape index (κ1) is 16.4. The SMILES string of the molecule is O=C(O)C(Cc1nc2cc(F)ccc2s1)c1cc2ccccc2[nH]c1=O. The number of aromatic amines is 1. The smallest absolute Gasteiger partial charge is 0.311 e. The number of rotatable bonds is 4. The van der Waals surface area contributed by atoms with Gasteiger partial charge in [0.25, 0.3) is 5.56 Å². The molecule has 2 N–H and O–H groups in total. The van der Waals surface area contributed by atoms with Crippen LogP contribution in [0.1, 0.15) is 16.5 Å². The van der Waals surface area contributed by atoms with Crippen molar-refractivity contribution in [1.82, 2.24) is 9.97 Å². The van der Waals surface area contributed by atoms with Crippen molar-refractivity contribution in [2.24, 2.45) is 0 Å².